The summed E-state index contributed by atoms with van der Waals surface area (Å²) < 4.78 is 0.663. The normalized spacial score (nSPS) is 9.31. The maximum atomic E-state index is 11.3. The van der Waals surface area contributed by atoms with E-state index in [-0.39, 0.29) is 11.1 Å². The number of carbonyl (C=O) groups excluding carboxylic acids is 1. The highest BCUT2D eigenvalue weighted by atomic mass is 79.9. The molecule has 0 aliphatic carbocycles. The van der Waals surface area contributed by atoms with E-state index in [0.29, 0.717) is 15.6 Å². The van der Waals surface area contributed by atoms with Crippen LogP contribution in [0.1, 0.15) is 15.9 Å². The smallest absolute Gasteiger partial charge is 0.174 e. The number of nitriles is 1. The van der Waals surface area contributed by atoms with Crippen molar-refractivity contribution in [3.8, 4) is 6.07 Å². The molecule has 0 unspecified atom stereocenters. The van der Waals surface area contributed by atoms with Gasteiger partial charge in [0.15, 0.2) is 5.78 Å². The number of halogens is 2. The van der Waals surface area contributed by atoms with Crippen LogP contribution >= 0.6 is 31.9 Å². The minimum atomic E-state index is -0.00337. The van der Waals surface area contributed by atoms with Crippen LogP contribution in [0.25, 0.3) is 0 Å². The molecule has 0 radical (unpaired) electrons. The van der Waals surface area contributed by atoms with E-state index in [1.165, 1.54) is 0 Å². The van der Waals surface area contributed by atoms with E-state index >= 15 is 0 Å². The summed E-state index contributed by atoms with van der Waals surface area (Å²) in [7, 11) is 0. The van der Waals surface area contributed by atoms with E-state index in [1.807, 2.05) is 6.07 Å². The molecule has 1 aromatic rings. The second-order valence-electron chi connectivity index (χ2n) is 2.36. The second-order valence-corrected chi connectivity index (χ2v) is 3.78. The Hall–Kier alpha value is -0.660. The number of ketones is 1. The summed E-state index contributed by atoms with van der Waals surface area (Å²) in [6.07, 6.45) is 0. The Balaban J connectivity index is 3.14. The Labute approximate surface area is 92.8 Å². The summed E-state index contributed by atoms with van der Waals surface area (Å²) in [5, 5.41) is 8.87. The van der Waals surface area contributed by atoms with Crippen LogP contribution in [0.2, 0.25) is 0 Å². The molecule has 0 saturated carbocycles. The molecule has 0 saturated heterocycles. The van der Waals surface area contributed by atoms with Crippen molar-refractivity contribution in [2.24, 2.45) is 0 Å². The highest BCUT2D eigenvalue weighted by Gasteiger charge is 2.08. The highest BCUT2D eigenvalue weighted by Crippen LogP contribution is 2.19. The van der Waals surface area contributed by atoms with E-state index < -0.39 is 0 Å². The molecule has 1 rings (SSSR count). The fraction of sp³-hybridized carbons (Fsp3) is 0.111. The van der Waals surface area contributed by atoms with Gasteiger partial charge in [-0.3, -0.25) is 4.79 Å². The molecule has 0 N–H and O–H groups in total. The minimum Gasteiger partial charge on any atom is -0.293 e. The summed E-state index contributed by atoms with van der Waals surface area (Å²) in [5.74, 6) is -0.00337. The van der Waals surface area contributed by atoms with Crippen molar-refractivity contribution in [2.75, 3.05) is 5.33 Å². The summed E-state index contributed by atoms with van der Waals surface area (Å²) in [4.78, 5) is 11.3. The first kappa shape index (κ1) is 10.4. The maximum absolute atomic E-state index is 11.3. The largest absolute Gasteiger partial charge is 0.293 e. The standard InChI is InChI=1S/C9H5Br2NO/c10-4-9(13)7-2-1-6(5-12)3-8(7)11/h1-3H,4H2. The molecule has 0 aliphatic rings. The van der Waals surface area contributed by atoms with Gasteiger partial charge in [-0.25, -0.2) is 0 Å². The van der Waals surface area contributed by atoms with Gasteiger partial charge >= 0.3 is 0 Å². The van der Waals surface area contributed by atoms with Gasteiger partial charge in [-0.1, -0.05) is 31.9 Å². The first-order chi connectivity index (χ1) is 6.19. The third kappa shape index (κ3) is 2.39. The van der Waals surface area contributed by atoms with Crippen molar-refractivity contribution in [1.29, 1.82) is 5.26 Å². The lowest BCUT2D eigenvalue weighted by Crippen LogP contribution is -2.00. The van der Waals surface area contributed by atoms with Crippen molar-refractivity contribution in [3.63, 3.8) is 0 Å². The van der Waals surface area contributed by atoms with E-state index in [2.05, 4.69) is 31.9 Å². The van der Waals surface area contributed by atoms with E-state index in [9.17, 15) is 4.79 Å². The minimum absolute atomic E-state index is 0.00337. The van der Waals surface area contributed by atoms with Crippen LogP contribution in [0.3, 0.4) is 0 Å². The fourth-order valence-corrected chi connectivity index (χ4v) is 1.78. The van der Waals surface area contributed by atoms with Crippen molar-refractivity contribution in [2.45, 2.75) is 0 Å². The number of benzene rings is 1. The zero-order valence-electron chi connectivity index (χ0n) is 6.55. The van der Waals surface area contributed by atoms with Gasteiger partial charge in [-0.2, -0.15) is 5.26 Å². The number of rotatable bonds is 2. The van der Waals surface area contributed by atoms with Crippen LogP contribution in [0, 0.1) is 11.3 Å². The summed E-state index contributed by atoms with van der Waals surface area (Å²) >= 11 is 6.32. The average Bonchev–Trinajstić information content (AvgIpc) is 2.16. The molecule has 0 atom stereocenters. The Kier molecular flexibility index (Phi) is 3.64. The molecule has 0 fully saturated rings. The van der Waals surface area contributed by atoms with Crippen LogP contribution < -0.4 is 0 Å². The predicted octanol–water partition coefficient (Wildman–Crippen LogP) is 2.90. The molecular weight excluding hydrogens is 298 g/mol. The van der Waals surface area contributed by atoms with Crippen LogP contribution in [0.4, 0.5) is 0 Å². The molecule has 0 spiro atoms. The van der Waals surface area contributed by atoms with Gasteiger partial charge in [-0.15, -0.1) is 0 Å². The molecule has 0 bridgehead atoms. The average molecular weight is 303 g/mol. The van der Waals surface area contributed by atoms with Crippen LogP contribution in [-0.4, -0.2) is 11.1 Å². The molecule has 0 heterocycles. The topological polar surface area (TPSA) is 40.9 Å². The Bertz CT molecular complexity index is 382. The molecule has 4 heteroatoms. The van der Waals surface area contributed by atoms with Crippen molar-refractivity contribution in [1.82, 2.24) is 0 Å². The summed E-state index contributed by atoms with van der Waals surface area (Å²) in [6, 6.07) is 6.90. The predicted molar refractivity (Wildman–Crippen MR) is 57.0 cm³/mol. The van der Waals surface area contributed by atoms with Gasteiger partial charge in [0, 0.05) is 10.0 Å². The fourth-order valence-electron chi connectivity index (χ4n) is 0.883. The maximum Gasteiger partial charge on any atom is 0.174 e. The Morgan fingerprint density at radius 2 is 2.23 bits per heavy atom. The molecular formula is C9H5Br2NO. The number of Topliss-reactive ketones (excluding diaryl/α,β-unsaturated/α-hetero) is 1. The zero-order valence-corrected chi connectivity index (χ0v) is 9.72. The monoisotopic (exact) mass is 301 g/mol. The summed E-state index contributed by atoms with van der Waals surface area (Å²) in [5.41, 5.74) is 1.13. The molecule has 13 heavy (non-hydrogen) atoms. The highest BCUT2D eigenvalue weighted by molar-refractivity contribution is 9.10. The van der Waals surface area contributed by atoms with E-state index in [1.54, 1.807) is 18.2 Å². The van der Waals surface area contributed by atoms with Crippen molar-refractivity contribution < 1.29 is 4.79 Å². The third-order valence-electron chi connectivity index (χ3n) is 1.52. The lowest BCUT2D eigenvalue weighted by molar-refractivity contribution is 0.102. The molecule has 1 aromatic carbocycles. The van der Waals surface area contributed by atoms with Crippen molar-refractivity contribution >= 4 is 37.6 Å². The molecule has 2 nitrogen and oxygen atoms in total. The van der Waals surface area contributed by atoms with E-state index in [4.69, 9.17) is 5.26 Å². The molecule has 0 aromatic heterocycles. The third-order valence-corrected chi connectivity index (χ3v) is 2.69. The number of carbonyl (C=O) groups is 1. The quantitative estimate of drug-likeness (QED) is 0.622. The SMILES string of the molecule is N#Cc1ccc(C(=O)CBr)c(Br)c1. The van der Waals surface area contributed by atoms with E-state index in [0.717, 1.165) is 0 Å². The lowest BCUT2D eigenvalue weighted by Gasteiger charge is -2.00. The summed E-state index contributed by atoms with van der Waals surface area (Å²) in [6.45, 7) is 0. The number of hydrogen-bond acceptors (Lipinski definition) is 2. The number of hydrogen-bond donors (Lipinski definition) is 0. The first-order valence-corrected chi connectivity index (χ1v) is 5.39. The van der Waals surface area contributed by atoms with Gasteiger partial charge < -0.3 is 0 Å². The van der Waals surface area contributed by atoms with Gasteiger partial charge in [-0.05, 0) is 18.2 Å². The lowest BCUT2D eigenvalue weighted by atomic mass is 10.1. The second kappa shape index (κ2) is 4.54. The Morgan fingerprint density at radius 3 is 2.69 bits per heavy atom. The van der Waals surface area contributed by atoms with Gasteiger partial charge in [0.2, 0.25) is 0 Å². The molecule has 0 amide bonds. The first-order valence-electron chi connectivity index (χ1n) is 3.48. The van der Waals surface area contributed by atoms with Crippen LogP contribution in [0.5, 0.6) is 0 Å². The van der Waals surface area contributed by atoms with Crippen LogP contribution in [0.15, 0.2) is 22.7 Å². The van der Waals surface area contributed by atoms with Crippen molar-refractivity contribution in [3.05, 3.63) is 33.8 Å². The molecule has 0 aliphatic heterocycles. The molecule has 66 valence electrons. The number of alkyl halides is 1. The zero-order chi connectivity index (χ0) is 9.84. The van der Waals surface area contributed by atoms with Crippen LogP contribution in [-0.2, 0) is 0 Å². The van der Waals surface area contributed by atoms with Gasteiger partial charge in [0.25, 0.3) is 0 Å². The van der Waals surface area contributed by atoms with Gasteiger partial charge in [0.05, 0.1) is 17.0 Å². The van der Waals surface area contributed by atoms with Gasteiger partial charge in [0.1, 0.15) is 0 Å². The number of nitrogens with zero attached hydrogens (tertiary/aromatic N) is 1. The Morgan fingerprint density at radius 1 is 1.54 bits per heavy atom.